The molecular weight excluding hydrogens is 653 g/mol. The van der Waals surface area contributed by atoms with Crippen LogP contribution < -0.4 is 25.6 Å². The number of nitrogens with one attached hydrogen (secondary N) is 2. The normalized spacial score (nSPS) is 17.1. The second-order valence-electron chi connectivity index (χ2n) is 12.3. The number of hydrogen-bond acceptors (Lipinski definition) is 11. The summed E-state index contributed by atoms with van der Waals surface area (Å²) in [4.78, 5) is 25.7. The maximum atomic E-state index is 13.4. The summed E-state index contributed by atoms with van der Waals surface area (Å²) < 4.78 is 19.9. The van der Waals surface area contributed by atoms with Crippen molar-refractivity contribution in [2.24, 2.45) is 0 Å². The molecule has 13 heteroatoms. The lowest BCUT2D eigenvalue weighted by molar-refractivity contribution is 0.0982. The number of anilines is 5. The van der Waals surface area contributed by atoms with Gasteiger partial charge in [0.15, 0.2) is 0 Å². The number of methoxy groups -OCH3 is 1. The predicted octanol–water partition coefficient (Wildman–Crippen LogP) is 5.45. The van der Waals surface area contributed by atoms with Crippen LogP contribution in [-0.2, 0) is 4.57 Å². The second-order valence-corrected chi connectivity index (χ2v) is 16.3. The van der Waals surface area contributed by atoms with Gasteiger partial charge in [-0.2, -0.15) is 4.98 Å². The number of aromatic nitrogens is 4. The molecule has 11 nitrogen and oxygen atoms in total. The number of fused-ring (bicyclic) bond motifs is 1. The molecule has 0 spiro atoms. The van der Waals surface area contributed by atoms with Crippen molar-refractivity contribution >= 4 is 68.2 Å². The molecule has 0 bridgehead atoms. The molecule has 0 saturated carbocycles. The molecule has 2 aliphatic heterocycles. The Morgan fingerprint density at radius 3 is 2.40 bits per heavy atom. The minimum Gasteiger partial charge on any atom is -0.494 e. The lowest BCUT2D eigenvalue weighted by Crippen LogP contribution is -2.52. The summed E-state index contributed by atoms with van der Waals surface area (Å²) in [6.07, 6.45) is 7.28. The van der Waals surface area contributed by atoms with Gasteiger partial charge >= 0.3 is 0 Å². The highest BCUT2D eigenvalue weighted by atomic mass is 79.9. The number of nitrogens with zero attached hydrogens (tertiary/aromatic N) is 7. The van der Waals surface area contributed by atoms with Crippen molar-refractivity contribution in [1.82, 2.24) is 29.7 Å². The molecule has 2 N–H and O–H groups in total. The van der Waals surface area contributed by atoms with Gasteiger partial charge < -0.3 is 29.7 Å². The fraction of sp³-hybridized carbons (Fsp3) is 0.438. The Labute approximate surface area is 273 Å². The molecule has 6 rings (SSSR count). The highest BCUT2D eigenvalue weighted by molar-refractivity contribution is 9.10. The first-order valence-corrected chi connectivity index (χ1v) is 18.7. The van der Waals surface area contributed by atoms with Crippen molar-refractivity contribution in [2.45, 2.75) is 25.8 Å². The minimum atomic E-state index is -2.73. The highest BCUT2D eigenvalue weighted by Crippen LogP contribution is 2.41. The number of ether oxygens (including phenoxy) is 1. The molecule has 0 unspecified atom stereocenters. The van der Waals surface area contributed by atoms with Crippen LogP contribution in [-0.4, -0.2) is 103 Å². The lowest BCUT2D eigenvalue weighted by Gasteiger charge is -2.43. The fourth-order valence-electron chi connectivity index (χ4n) is 6.37. The predicted molar refractivity (Wildman–Crippen MR) is 187 cm³/mol. The van der Waals surface area contributed by atoms with E-state index in [1.54, 1.807) is 39.0 Å². The van der Waals surface area contributed by atoms with Crippen LogP contribution in [0.25, 0.3) is 11.0 Å². The Morgan fingerprint density at radius 1 is 0.956 bits per heavy atom. The maximum absolute atomic E-state index is 13.4. The molecule has 2 aromatic heterocycles. The van der Waals surface area contributed by atoms with Crippen molar-refractivity contribution in [3.63, 3.8) is 0 Å². The fourth-order valence-corrected chi connectivity index (χ4v) is 8.06. The van der Waals surface area contributed by atoms with Crippen molar-refractivity contribution in [3.05, 3.63) is 52.9 Å². The molecule has 0 atom stereocenters. The summed E-state index contributed by atoms with van der Waals surface area (Å²) in [5.74, 6) is 1.66. The molecule has 2 aliphatic rings. The van der Waals surface area contributed by atoms with Gasteiger partial charge in [-0.05, 0) is 79.8 Å². The maximum Gasteiger partial charge on any atom is 0.229 e. The first-order valence-electron chi connectivity index (χ1n) is 15.3. The first-order chi connectivity index (χ1) is 21.6. The van der Waals surface area contributed by atoms with E-state index in [9.17, 15) is 4.57 Å². The summed E-state index contributed by atoms with van der Waals surface area (Å²) in [6, 6.07) is 8.61. The molecule has 0 aliphatic carbocycles. The summed E-state index contributed by atoms with van der Waals surface area (Å²) in [7, 11) is 1.17. The van der Waals surface area contributed by atoms with E-state index in [1.807, 2.05) is 12.1 Å². The van der Waals surface area contributed by atoms with Crippen LogP contribution in [0.5, 0.6) is 5.75 Å². The molecular formula is C32H41BrN9O2P. The minimum absolute atomic E-state index is 0.400. The molecule has 0 radical (unpaired) electrons. The Hall–Kier alpha value is -3.31. The Bertz CT molecular complexity index is 1730. The van der Waals surface area contributed by atoms with E-state index in [0.29, 0.717) is 44.3 Å². The summed E-state index contributed by atoms with van der Waals surface area (Å²) >= 11 is 3.58. The van der Waals surface area contributed by atoms with Crippen LogP contribution in [0, 0.1) is 6.92 Å². The van der Waals surface area contributed by atoms with Crippen LogP contribution in [0.15, 0.2) is 47.3 Å². The van der Waals surface area contributed by atoms with Crippen LogP contribution in [0.4, 0.5) is 28.8 Å². The number of hydrogen-bond donors (Lipinski definition) is 2. The standard InChI is InChI=1S/C32H41BrN9O2P/c1-21-18-26(28(44-3)19-27(21)42-12-8-22(9-13-42)41-16-14-40(2)15-17-41)38-32-36-20-23(33)31(39-32)37-25-7-6-24-29(35-11-10-34-24)30(25)45(4,5)43/h6-7,10-11,18-20,22H,8-9,12-17H2,1-5H3,(H2,36,37,38,39). The van der Waals surface area contributed by atoms with Crippen LogP contribution in [0.1, 0.15) is 18.4 Å². The molecule has 2 saturated heterocycles. The molecule has 45 heavy (non-hydrogen) atoms. The Kier molecular flexibility index (Phi) is 9.29. The number of piperazine rings is 1. The molecule has 2 fully saturated rings. The summed E-state index contributed by atoms with van der Waals surface area (Å²) in [6.45, 7) is 12.3. The van der Waals surface area contributed by atoms with Gasteiger partial charge in [0.05, 0.1) is 33.8 Å². The van der Waals surface area contributed by atoms with E-state index in [1.165, 1.54) is 31.6 Å². The van der Waals surface area contributed by atoms with E-state index < -0.39 is 7.14 Å². The smallest absolute Gasteiger partial charge is 0.229 e. The third-order valence-electron chi connectivity index (χ3n) is 8.77. The number of rotatable bonds is 8. The molecule has 238 valence electrons. The van der Waals surface area contributed by atoms with Gasteiger partial charge in [0.1, 0.15) is 24.2 Å². The monoisotopic (exact) mass is 693 g/mol. The third kappa shape index (κ3) is 6.94. The average Bonchev–Trinajstić information content (AvgIpc) is 3.02. The number of halogens is 1. The van der Waals surface area contributed by atoms with E-state index in [4.69, 9.17) is 9.72 Å². The third-order valence-corrected chi connectivity index (χ3v) is 10.9. The number of aryl methyl sites for hydroxylation is 1. The number of benzene rings is 2. The van der Waals surface area contributed by atoms with Crippen molar-refractivity contribution in [3.8, 4) is 5.75 Å². The largest absolute Gasteiger partial charge is 0.494 e. The van der Waals surface area contributed by atoms with Gasteiger partial charge in [0.2, 0.25) is 5.95 Å². The van der Waals surface area contributed by atoms with E-state index in [2.05, 4.69) is 82.3 Å². The van der Waals surface area contributed by atoms with Gasteiger partial charge in [-0.15, -0.1) is 0 Å². The summed E-state index contributed by atoms with van der Waals surface area (Å²) in [5.41, 5.74) is 5.11. The van der Waals surface area contributed by atoms with Gasteiger partial charge in [0, 0.05) is 75.7 Å². The van der Waals surface area contributed by atoms with E-state index in [0.717, 1.165) is 43.2 Å². The highest BCUT2D eigenvalue weighted by Gasteiger charge is 2.28. The first kappa shape index (κ1) is 31.7. The molecule has 2 aromatic carbocycles. The summed E-state index contributed by atoms with van der Waals surface area (Å²) in [5, 5.41) is 7.36. The van der Waals surface area contributed by atoms with Crippen molar-refractivity contribution in [1.29, 1.82) is 0 Å². The average molecular weight is 695 g/mol. The zero-order valence-electron chi connectivity index (χ0n) is 26.5. The van der Waals surface area contributed by atoms with Gasteiger partial charge in [0.25, 0.3) is 0 Å². The van der Waals surface area contributed by atoms with Crippen LogP contribution in [0.3, 0.4) is 0 Å². The number of piperidine rings is 1. The molecule has 4 aromatic rings. The Balaban J connectivity index is 1.21. The number of likely N-dealkylation sites (N-methyl/N-ethyl adjacent to an activating group) is 1. The quantitative estimate of drug-likeness (QED) is 0.230. The van der Waals surface area contributed by atoms with Gasteiger partial charge in [-0.1, -0.05) is 0 Å². The SMILES string of the molecule is COc1cc(N2CCC(N3CCN(C)CC3)CC2)c(C)cc1Nc1ncc(Br)c(Nc2ccc3nccnc3c2P(C)(C)=O)n1. The van der Waals surface area contributed by atoms with Gasteiger partial charge in [-0.25, -0.2) is 4.98 Å². The lowest BCUT2D eigenvalue weighted by atomic mass is 10.0. The zero-order chi connectivity index (χ0) is 31.7. The molecule has 4 heterocycles. The van der Waals surface area contributed by atoms with Crippen molar-refractivity contribution < 1.29 is 9.30 Å². The molecule has 0 amide bonds. The Morgan fingerprint density at radius 2 is 1.69 bits per heavy atom. The second kappa shape index (κ2) is 13.2. The van der Waals surface area contributed by atoms with E-state index >= 15 is 0 Å². The topological polar surface area (TPSA) is 112 Å². The van der Waals surface area contributed by atoms with Gasteiger partial charge in [-0.3, -0.25) is 14.9 Å². The zero-order valence-corrected chi connectivity index (χ0v) is 29.0. The van der Waals surface area contributed by atoms with Crippen molar-refractivity contribution in [2.75, 3.05) is 82.3 Å². The van der Waals surface area contributed by atoms with Crippen LogP contribution in [0.2, 0.25) is 0 Å². The van der Waals surface area contributed by atoms with Crippen LogP contribution >= 0.6 is 23.1 Å². The van der Waals surface area contributed by atoms with E-state index in [-0.39, 0.29) is 0 Å².